The van der Waals surface area contributed by atoms with Crippen molar-refractivity contribution in [2.24, 2.45) is 5.73 Å². The first kappa shape index (κ1) is 17.3. The number of amides is 1. The molecule has 0 saturated carbocycles. The molecule has 0 atom stereocenters. The largest absolute Gasteiger partial charge is 0.368 e. The fourth-order valence-corrected chi connectivity index (χ4v) is 2.26. The molecule has 0 aromatic heterocycles. The van der Waals surface area contributed by atoms with Gasteiger partial charge in [0.25, 0.3) is 0 Å². The number of hydrogen-bond acceptors (Lipinski definition) is 3. The maximum absolute atomic E-state index is 11.0. The van der Waals surface area contributed by atoms with Crippen molar-refractivity contribution in [3.05, 3.63) is 53.6 Å². The lowest BCUT2D eigenvalue weighted by Gasteiger charge is -2.30. The number of primary amides is 1. The number of halogens is 1. The molecule has 1 aliphatic rings. The first-order valence-electron chi connectivity index (χ1n) is 6.89. The Labute approximate surface area is 131 Å². The third-order valence-electron chi connectivity index (χ3n) is 3.02. The minimum atomic E-state index is -0.450. The molecule has 0 bridgehead atoms. The van der Waals surface area contributed by atoms with Gasteiger partial charge in [0, 0.05) is 31.7 Å². The zero-order valence-corrected chi connectivity index (χ0v) is 13.1. The molecule has 5 heteroatoms. The lowest BCUT2D eigenvalue weighted by Crippen LogP contribution is -2.43. The number of benzene rings is 1. The van der Waals surface area contributed by atoms with E-state index in [1.807, 2.05) is 25.1 Å². The van der Waals surface area contributed by atoms with Crippen LogP contribution in [0.5, 0.6) is 0 Å². The third-order valence-corrected chi connectivity index (χ3v) is 3.32. The van der Waals surface area contributed by atoms with Crippen LogP contribution in [0.3, 0.4) is 0 Å². The first-order chi connectivity index (χ1) is 10.1. The smallest absolute Gasteiger partial charge is 0.248 e. The highest BCUT2D eigenvalue weighted by molar-refractivity contribution is 6.33. The Morgan fingerprint density at radius 1 is 1.43 bits per heavy atom. The van der Waals surface area contributed by atoms with Gasteiger partial charge >= 0.3 is 0 Å². The number of nitrogens with zero attached hydrogens (tertiary/aromatic N) is 1. The highest BCUT2D eigenvalue weighted by atomic mass is 35.5. The Balaban J connectivity index is 0.000000383. The van der Waals surface area contributed by atoms with Gasteiger partial charge in [-0.05, 0) is 25.1 Å². The van der Waals surface area contributed by atoms with Crippen LogP contribution in [-0.2, 0) is 0 Å². The fourth-order valence-electron chi connectivity index (χ4n) is 1.96. The van der Waals surface area contributed by atoms with E-state index in [0.717, 1.165) is 31.9 Å². The van der Waals surface area contributed by atoms with Gasteiger partial charge in [-0.3, -0.25) is 4.79 Å². The lowest BCUT2D eigenvalue weighted by atomic mass is 10.1. The highest BCUT2D eigenvalue weighted by Gasteiger charge is 2.14. The van der Waals surface area contributed by atoms with E-state index in [1.165, 1.54) is 0 Å². The zero-order chi connectivity index (χ0) is 15.7. The van der Waals surface area contributed by atoms with E-state index in [1.54, 1.807) is 18.2 Å². The Kier molecular flexibility index (Phi) is 7.58. The maximum atomic E-state index is 11.0. The average molecular weight is 308 g/mol. The zero-order valence-electron chi connectivity index (χ0n) is 12.3. The summed E-state index contributed by atoms with van der Waals surface area (Å²) < 4.78 is 0. The second-order valence-electron chi connectivity index (χ2n) is 4.53. The van der Waals surface area contributed by atoms with Crippen molar-refractivity contribution < 1.29 is 4.79 Å². The monoisotopic (exact) mass is 307 g/mol. The summed E-state index contributed by atoms with van der Waals surface area (Å²) in [6, 6.07) is 5.20. The van der Waals surface area contributed by atoms with Crippen molar-refractivity contribution >= 4 is 23.2 Å². The van der Waals surface area contributed by atoms with Gasteiger partial charge in [-0.1, -0.05) is 36.4 Å². The van der Waals surface area contributed by atoms with Crippen molar-refractivity contribution in [2.75, 3.05) is 31.1 Å². The number of anilines is 1. The molecule has 1 saturated heterocycles. The van der Waals surface area contributed by atoms with Crippen LogP contribution < -0.4 is 16.0 Å². The lowest BCUT2D eigenvalue weighted by molar-refractivity contribution is 0.100. The summed E-state index contributed by atoms with van der Waals surface area (Å²) in [5, 5.41) is 3.86. The van der Waals surface area contributed by atoms with E-state index in [2.05, 4.69) is 16.8 Å². The number of nitrogens with one attached hydrogen (secondary N) is 1. The predicted molar refractivity (Wildman–Crippen MR) is 90.1 cm³/mol. The number of nitrogens with two attached hydrogens (primary N) is 1. The molecule has 0 spiro atoms. The van der Waals surface area contributed by atoms with Crippen molar-refractivity contribution in [2.45, 2.75) is 6.92 Å². The number of carbonyl (C=O) groups is 1. The average Bonchev–Trinajstić information content (AvgIpc) is 2.49. The van der Waals surface area contributed by atoms with Crippen LogP contribution in [0.15, 0.2) is 43.0 Å². The van der Waals surface area contributed by atoms with E-state index in [-0.39, 0.29) is 0 Å². The summed E-state index contributed by atoms with van der Waals surface area (Å²) >= 11 is 6.14. The topological polar surface area (TPSA) is 58.4 Å². The van der Waals surface area contributed by atoms with Crippen LogP contribution in [0, 0.1) is 0 Å². The van der Waals surface area contributed by atoms with Gasteiger partial charge in [0.05, 0.1) is 10.7 Å². The van der Waals surface area contributed by atoms with Gasteiger partial charge in [0.2, 0.25) is 5.91 Å². The number of rotatable bonds is 3. The summed E-state index contributed by atoms with van der Waals surface area (Å²) in [7, 11) is 0. The first-order valence-corrected chi connectivity index (χ1v) is 7.26. The molecule has 4 nitrogen and oxygen atoms in total. The van der Waals surface area contributed by atoms with Gasteiger partial charge in [0.15, 0.2) is 0 Å². The SMILES string of the molecule is C=C/C=C\C.NC(=O)c1ccc(N2CCNCC2)c(Cl)c1. The molecular formula is C16H22ClN3O. The van der Waals surface area contributed by atoms with E-state index in [0.29, 0.717) is 10.6 Å². The predicted octanol–water partition coefficient (Wildman–Crippen LogP) is 2.60. The normalized spacial score (nSPS) is 14.5. The molecule has 1 fully saturated rings. The van der Waals surface area contributed by atoms with Crippen LogP contribution in [0.1, 0.15) is 17.3 Å². The standard InChI is InChI=1S/C11H14ClN3O.C5H8/c12-9-7-8(11(13)16)1-2-10(9)15-5-3-14-4-6-15;1-3-5-4-2/h1-2,7,14H,3-6H2,(H2,13,16);3-5H,1H2,2H3/b;5-4-. The molecule has 1 amide bonds. The van der Waals surface area contributed by atoms with Crippen LogP contribution >= 0.6 is 11.6 Å². The molecule has 1 aromatic rings. The Morgan fingerprint density at radius 2 is 2.10 bits per heavy atom. The number of carbonyl (C=O) groups excluding carboxylic acids is 1. The van der Waals surface area contributed by atoms with E-state index in [4.69, 9.17) is 17.3 Å². The van der Waals surface area contributed by atoms with Crippen LogP contribution in [0.25, 0.3) is 0 Å². The second-order valence-corrected chi connectivity index (χ2v) is 4.94. The van der Waals surface area contributed by atoms with Gasteiger partial charge < -0.3 is 16.0 Å². The molecule has 114 valence electrons. The summed E-state index contributed by atoms with van der Waals surface area (Å²) in [5.74, 6) is -0.450. The van der Waals surface area contributed by atoms with E-state index >= 15 is 0 Å². The minimum absolute atomic E-state index is 0.448. The van der Waals surface area contributed by atoms with Crippen molar-refractivity contribution in [1.29, 1.82) is 0 Å². The molecule has 0 aliphatic carbocycles. The van der Waals surface area contributed by atoms with Gasteiger partial charge in [-0.15, -0.1) is 0 Å². The summed E-state index contributed by atoms with van der Waals surface area (Å²) in [6.45, 7) is 9.18. The van der Waals surface area contributed by atoms with Crippen molar-refractivity contribution in [3.8, 4) is 0 Å². The summed E-state index contributed by atoms with van der Waals surface area (Å²) in [5.41, 5.74) is 6.60. The Bertz CT molecular complexity index is 508. The highest BCUT2D eigenvalue weighted by Crippen LogP contribution is 2.26. The Morgan fingerprint density at radius 3 is 2.52 bits per heavy atom. The Hall–Kier alpha value is -1.78. The van der Waals surface area contributed by atoms with E-state index in [9.17, 15) is 4.79 Å². The molecule has 0 radical (unpaired) electrons. The molecule has 3 N–H and O–H groups in total. The summed E-state index contributed by atoms with van der Waals surface area (Å²) in [4.78, 5) is 13.2. The van der Waals surface area contributed by atoms with Gasteiger partial charge in [-0.2, -0.15) is 0 Å². The molecule has 0 unspecified atom stereocenters. The summed E-state index contributed by atoms with van der Waals surface area (Å²) in [6.07, 6.45) is 5.58. The third kappa shape index (κ3) is 5.61. The van der Waals surface area contributed by atoms with Crippen LogP contribution in [0.2, 0.25) is 5.02 Å². The number of hydrogen-bond donors (Lipinski definition) is 2. The second kappa shape index (κ2) is 9.21. The minimum Gasteiger partial charge on any atom is -0.368 e. The van der Waals surface area contributed by atoms with E-state index < -0.39 is 5.91 Å². The molecule has 1 aromatic carbocycles. The molecule has 1 heterocycles. The van der Waals surface area contributed by atoms with Crippen LogP contribution in [-0.4, -0.2) is 32.1 Å². The van der Waals surface area contributed by atoms with Crippen molar-refractivity contribution in [3.63, 3.8) is 0 Å². The fraction of sp³-hybridized carbons (Fsp3) is 0.312. The van der Waals surface area contributed by atoms with Gasteiger partial charge in [-0.25, -0.2) is 0 Å². The molecule has 2 rings (SSSR count). The van der Waals surface area contributed by atoms with Crippen molar-refractivity contribution in [1.82, 2.24) is 5.32 Å². The van der Waals surface area contributed by atoms with Gasteiger partial charge in [0.1, 0.15) is 0 Å². The maximum Gasteiger partial charge on any atom is 0.248 e. The quantitative estimate of drug-likeness (QED) is 0.844. The molecule has 21 heavy (non-hydrogen) atoms. The van der Waals surface area contributed by atoms with Crippen LogP contribution in [0.4, 0.5) is 5.69 Å². The number of allylic oxidation sites excluding steroid dienone is 3. The number of piperazine rings is 1. The molecular weight excluding hydrogens is 286 g/mol. The molecule has 1 aliphatic heterocycles.